The van der Waals surface area contributed by atoms with E-state index in [2.05, 4.69) is 15.9 Å². The molecule has 0 bridgehead atoms. The molecule has 0 amide bonds. The lowest BCUT2D eigenvalue weighted by Crippen LogP contribution is -2.43. The van der Waals surface area contributed by atoms with Gasteiger partial charge < -0.3 is 5.73 Å². The average molecular weight is 297 g/mol. The third-order valence-corrected chi connectivity index (χ3v) is 3.68. The van der Waals surface area contributed by atoms with Gasteiger partial charge in [-0.25, -0.2) is 0 Å². The van der Waals surface area contributed by atoms with Crippen LogP contribution in [-0.2, 0) is 5.54 Å². The molecule has 0 aliphatic heterocycles. The van der Waals surface area contributed by atoms with Crippen LogP contribution in [-0.4, -0.2) is 0 Å². The summed E-state index contributed by atoms with van der Waals surface area (Å²) in [6.45, 7) is 0. The Morgan fingerprint density at radius 2 is 2.00 bits per heavy atom. The average Bonchev–Trinajstić information content (AvgIpc) is 2.01. The van der Waals surface area contributed by atoms with E-state index in [-0.39, 0.29) is 17.9 Å². The highest BCUT2D eigenvalue weighted by Crippen LogP contribution is 2.44. The second-order valence-electron chi connectivity index (χ2n) is 3.61. The minimum atomic E-state index is -0.183. The zero-order valence-electron chi connectivity index (χ0n) is 7.59. The first-order valence-corrected chi connectivity index (χ1v) is 5.54. The van der Waals surface area contributed by atoms with Gasteiger partial charge in [0.2, 0.25) is 0 Å². The molecule has 1 aliphatic rings. The topological polar surface area (TPSA) is 26.0 Å². The first kappa shape index (κ1) is 12.3. The highest BCUT2D eigenvalue weighted by Gasteiger charge is 2.37. The summed E-state index contributed by atoms with van der Waals surface area (Å²) < 4.78 is 1.03. The standard InChI is InChI=1S/C10H11BrClN.ClH/c11-7-3-1-4-8(12)9(7)10(13)5-2-6-10;/h1,3-4H,2,5-6,13H2;1H. The third-order valence-electron chi connectivity index (χ3n) is 2.71. The summed E-state index contributed by atoms with van der Waals surface area (Å²) in [5, 5.41) is 0.775. The van der Waals surface area contributed by atoms with Gasteiger partial charge in [0.15, 0.2) is 0 Å². The Hall–Kier alpha value is 0.240. The van der Waals surface area contributed by atoms with Gasteiger partial charge in [0, 0.05) is 20.6 Å². The van der Waals surface area contributed by atoms with Gasteiger partial charge in [0.1, 0.15) is 0 Å². The minimum Gasteiger partial charge on any atom is -0.321 e. The van der Waals surface area contributed by atoms with Crippen LogP contribution in [0.3, 0.4) is 0 Å². The van der Waals surface area contributed by atoms with Crippen molar-refractivity contribution >= 4 is 39.9 Å². The molecule has 1 nitrogen and oxygen atoms in total. The molecule has 0 spiro atoms. The molecule has 0 aromatic heterocycles. The van der Waals surface area contributed by atoms with Crippen LogP contribution in [0.4, 0.5) is 0 Å². The fourth-order valence-electron chi connectivity index (χ4n) is 1.78. The molecule has 1 aromatic rings. The second-order valence-corrected chi connectivity index (χ2v) is 4.87. The fourth-order valence-corrected chi connectivity index (χ4v) is 3.02. The smallest absolute Gasteiger partial charge is 0.0467 e. The van der Waals surface area contributed by atoms with E-state index in [9.17, 15) is 0 Å². The summed E-state index contributed by atoms with van der Waals surface area (Å²) in [6, 6.07) is 5.82. The summed E-state index contributed by atoms with van der Waals surface area (Å²) in [4.78, 5) is 0. The van der Waals surface area contributed by atoms with E-state index < -0.39 is 0 Å². The first-order valence-electron chi connectivity index (χ1n) is 4.37. The van der Waals surface area contributed by atoms with E-state index in [1.807, 2.05) is 18.2 Å². The van der Waals surface area contributed by atoms with Gasteiger partial charge >= 0.3 is 0 Å². The molecule has 0 atom stereocenters. The lowest BCUT2D eigenvalue weighted by molar-refractivity contribution is 0.252. The van der Waals surface area contributed by atoms with Crippen molar-refractivity contribution in [1.82, 2.24) is 0 Å². The number of rotatable bonds is 1. The molecule has 0 radical (unpaired) electrons. The highest BCUT2D eigenvalue weighted by molar-refractivity contribution is 9.10. The zero-order chi connectivity index (χ0) is 9.47. The van der Waals surface area contributed by atoms with E-state index in [1.165, 1.54) is 6.42 Å². The van der Waals surface area contributed by atoms with Gasteiger partial charge in [0.25, 0.3) is 0 Å². The van der Waals surface area contributed by atoms with Crippen molar-refractivity contribution in [3.05, 3.63) is 33.3 Å². The Balaban J connectivity index is 0.000000980. The van der Waals surface area contributed by atoms with Crippen molar-refractivity contribution in [2.45, 2.75) is 24.8 Å². The minimum absolute atomic E-state index is 0. The first-order chi connectivity index (χ1) is 6.13. The molecule has 1 aromatic carbocycles. The molecular weight excluding hydrogens is 285 g/mol. The third kappa shape index (κ3) is 1.94. The van der Waals surface area contributed by atoms with Crippen molar-refractivity contribution in [1.29, 1.82) is 0 Å². The Bertz CT molecular complexity index is 317. The summed E-state index contributed by atoms with van der Waals surface area (Å²) in [5.74, 6) is 0. The maximum atomic E-state index is 6.21. The van der Waals surface area contributed by atoms with Crippen molar-refractivity contribution in [2.24, 2.45) is 5.73 Å². The lowest BCUT2D eigenvalue weighted by atomic mass is 9.73. The van der Waals surface area contributed by atoms with Gasteiger partial charge in [-0.3, -0.25) is 0 Å². The van der Waals surface area contributed by atoms with Gasteiger partial charge in [-0.15, -0.1) is 12.4 Å². The van der Waals surface area contributed by atoms with E-state index in [0.717, 1.165) is 27.9 Å². The highest BCUT2D eigenvalue weighted by atomic mass is 79.9. The summed E-state index contributed by atoms with van der Waals surface area (Å²) in [5.41, 5.74) is 7.10. The van der Waals surface area contributed by atoms with Crippen LogP contribution < -0.4 is 5.73 Å². The quantitative estimate of drug-likeness (QED) is 0.837. The van der Waals surface area contributed by atoms with Crippen molar-refractivity contribution < 1.29 is 0 Å². The molecule has 1 fully saturated rings. The number of nitrogens with two attached hydrogens (primary N) is 1. The SMILES string of the molecule is Cl.NC1(c2c(Cl)cccc2Br)CCC1. The van der Waals surface area contributed by atoms with Crippen LogP contribution in [0.25, 0.3) is 0 Å². The maximum absolute atomic E-state index is 6.21. The normalized spacial score (nSPS) is 18.2. The van der Waals surface area contributed by atoms with Crippen LogP contribution in [0.15, 0.2) is 22.7 Å². The fraction of sp³-hybridized carbons (Fsp3) is 0.400. The number of hydrogen-bond acceptors (Lipinski definition) is 1. The van der Waals surface area contributed by atoms with Crippen LogP contribution in [0.5, 0.6) is 0 Å². The van der Waals surface area contributed by atoms with E-state index in [4.69, 9.17) is 17.3 Å². The Morgan fingerprint density at radius 1 is 1.36 bits per heavy atom. The summed E-state index contributed by atoms with van der Waals surface area (Å²) >= 11 is 9.61. The van der Waals surface area contributed by atoms with Crippen molar-refractivity contribution in [3.8, 4) is 0 Å². The van der Waals surface area contributed by atoms with Gasteiger partial charge in [-0.1, -0.05) is 33.6 Å². The van der Waals surface area contributed by atoms with Crippen LogP contribution >= 0.6 is 39.9 Å². The molecule has 4 heteroatoms. The maximum Gasteiger partial charge on any atom is 0.0467 e. The van der Waals surface area contributed by atoms with Gasteiger partial charge in [-0.2, -0.15) is 0 Å². The van der Waals surface area contributed by atoms with Crippen molar-refractivity contribution in [2.75, 3.05) is 0 Å². The second kappa shape index (κ2) is 4.40. The largest absolute Gasteiger partial charge is 0.321 e. The molecule has 1 aliphatic carbocycles. The molecule has 0 saturated heterocycles. The van der Waals surface area contributed by atoms with Crippen LogP contribution in [0.2, 0.25) is 5.02 Å². The Morgan fingerprint density at radius 3 is 2.43 bits per heavy atom. The molecule has 2 rings (SSSR count). The van der Waals surface area contributed by atoms with Crippen LogP contribution in [0.1, 0.15) is 24.8 Å². The molecule has 0 unspecified atom stereocenters. The number of benzene rings is 1. The number of hydrogen-bond donors (Lipinski definition) is 1. The number of halogens is 3. The molecular formula is C10H12BrCl2N. The monoisotopic (exact) mass is 295 g/mol. The van der Waals surface area contributed by atoms with E-state index >= 15 is 0 Å². The van der Waals surface area contributed by atoms with Crippen molar-refractivity contribution in [3.63, 3.8) is 0 Å². The molecule has 14 heavy (non-hydrogen) atoms. The lowest BCUT2D eigenvalue weighted by Gasteiger charge is -2.39. The predicted molar refractivity (Wildman–Crippen MR) is 66.1 cm³/mol. The summed E-state index contributed by atoms with van der Waals surface area (Å²) in [6.07, 6.45) is 3.28. The van der Waals surface area contributed by atoms with E-state index in [0.29, 0.717) is 0 Å². The summed E-state index contributed by atoms with van der Waals surface area (Å²) in [7, 11) is 0. The van der Waals surface area contributed by atoms with Gasteiger partial charge in [-0.05, 0) is 31.4 Å². The Kier molecular flexibility index (Phi) is 3.87. The molecule has 0 heterocycles. The zero-order valence-corrected chi connectivity index (χ0v) is 10.8. The molecule has 78 valence electrons. The Labute approximate surface area is 104 Å². The van der Waals surface area contributed by atoms with Gasteiger partial charge in [0.05, 0.1) is 0 Å². The van der Waals surface area contributed by atoms with E-state index in [1.54, 1.807) is 0 Å². The molecule has 1 saturated carbocycles. The van der Waals surface area contributed by atoms with Crippen LogP contribution in [0, 0.1) is 0 Å². The predicted octanol–water partition coefficient (Wildman–Crippen LogP) is 3.86. The molecule has 2 N–H and O–H groups in total.